The standard InChI is InChI=1S/C14H20FNOS/c1-5-11(10-16-18(17)14(2,3)4)12-6-8-13(15)9-7-12/h6-11H,5H2,1-4H3/t11-,18?/m1/s1. The molecule has 100 valence electrons. The highest BCUT2D eigenvalue weighted by Gasteiger charge is 2.26. The summed E-state index contributed by atoms with van der Waals surface area (Å²) in [5, 5.41) is 0. The maximum Gasteiger partial charge on any atom is 0.144 e. The van der Waals surface area contributed by atoms with Crippen LogP contribution in [0.4, 0.5) is 4.39 Å². The summed E-state index contributed by atoms with van der Waals surface area (Å²) in [4.78, 5) is 0. The Bertz CT molecular complexity index is 397. The van der Waals surface area contributed by atoms with Crippen molar-refractivity contribution in [3.63, 3.8) is 0 Å². The third-order valence-electron chi connectivity index (χ3n) is 2.60. The summed E-state index contributed by atoms with van der Waals surface area (Å²) in [7, 11) is 0. The van der Waals surface area contributed by atoms with Crippen LogP contribution in [0.15, 0.2) is 28.7 Å². The van der Waals surface area contributed by atoms with Crippen molar-refractivity contribution < 1.29 is 8.94 Å². The minimum atomic E-state index is -1.24. The predicted octanol–water partition coefficient (Wildman–Crippen LogP) is 3.85. The number of hydrogen-bond donors (Lipinski definition) is 0. The van der Waals surface area contributed by atoms with Crippen LogP contribution in [0.3, 0.4) is 0 Å². The van der Waals surface area contributed by atoms with E-state index >= 15 is 0 Å². The summed E-state index contributed by atoms with van der Waals surface area (Å²) in [5.74, 6) is -0.166. The van der Waals surface area contributed by atoms with E-state index in [4.69, 9.17) is 0 Å². The molecule has 0 N–H and O–H groups in total. The van der Waals surface area contributed by atoms with Crippen LogP contribution in [0.1, 0.15) is 45.6 Å². The van der Waals surface area contributed by atoms with Gasteiger partial charge in [-0.2, -0.15) is 0 Å². The fraction of sp³-hybridized carbons (Fsp3) is 0.500. The quantitative estimate of drug-likeness (QED) is 0.604. The highest BCUT2D eigenvalue weighted by atomic mass is 32.2. The lowest BCUT2D eigenvalue weighted by atomic mass is 9.98. The van der Waals surface area contributed by atoms with E-state index in [-0.39, 0.29) is 16.5 Å². The first-order chi connectivity index (χ1) is 8.34. The van der Waals surface area contributed by atoms with Crippen LogP contribution in [-0.4, -0.2) is 15.5 Å². The zero-order chi connectivity index (χ0) is 13.8. The van der Waals surface area contributed by atoms with Crippen LogP contribution in [-0.2, 0) is 11.4 Å². The zero-order valence-electron chi connectivity index (χ0n) is 11.3. The van der Waals surface area contributed by atoms with Gasteiger partial charge in [0.2, 0.25) is 0 Å². The van der Waals surface area contributed by atoms with E-state index in [1.54, 1.807) is 18.3 Å². The molecule has 0 heterocycles. The van der Waals surface area contributed by atoms with E-state index in [2.05, 4.69) is 4.40 Å². The molecule has 2 nitrogen and oxygen atoms in total. The molecule has 1 unspecified atom stereocenters. The summed E-state index contributed by atoms with van der Waals surface area (Å²) in [6.45, 7) is 7.69. The second-order valence-electron chi connectivity index (χ2n) is 5.18. The molecule has 0 fully saturated rings. The largest absolute Gasteiger partial charge is 0.591 e. The number of rotatable bonds is 4. The van der Waals surface area contributed by atoms with E-state index < -0.39 is 11.4 Å². The summed E-state index contributed by atoms with van der Waals surface area (Å²) in [5.41, 5.74) is 0.994. The monoisotopic (exact) mass is 269 g/mol. The summed E-state index contributed by atoms with van der Waals surface area (Å²) >= 11 is -1.24. The van der Waals surface area contributed by atoms with E-state index in [9.17, 15) is 8.94 Å². The molecular formula is C14H20FNOS. The molecule has 0 aliphatic carbocycles. The zero-order valence-corrected chi connectivity index (χ0v) is 12.1. The van der Waals surface area contributed by atoms with Crippen LogP contribution < -0.4 is 0 Å². The Balaban J connectivity index is 2.79. The highest BCUT2D eigenvalue weighted by Crippen LogP contribution is 2.21. The molecule has 18 heavy (non-hydrogen) atoms. The second kappa shape index (κ2) is 6.34. The lowest BCUT2D eigenvalue weighted by Crippen LogP contribution is -2.26. The molecule has 0 amide bonds. The van der Waals surface area contributed by atoms with Gasteiger partial charge in [-0.15, -0.1) is 0 Å². The molecule has 1 rings (SSSR count). The van der Waals surface area contributed by atoms with Crippen LogP contribution in [0, 0.1) is 5.82 Å². The minimum Gasteiger partial charge on any atom is -0.591 e. The van der Waals surface area contributed by atoms with Crippen molar-refractivity contribution in [2.45, 2.75) is 44.8 Å². The van der Waals surface area contributed by atoms with Gasteiger partial charge in [0, 0.05) is 5.92 Å². The Kier molecular flexibility index (Phi) is 5.35. The Morgan fingerprint density at radius 3 is 2.33 bits per heavy atom. The second-order valence-corrected chi connectivity index (χ2v) is 7.12. The molecule has 0 aromatic heterocycles. The Morgan fingerprint density at radius 1 is 1.33 bits per heavy atom. The first-order valence-corrected chi connectivity index (χ1v) is 7.17. The molecule has 2 atom stereocenters. The molecule has 0 saturated heterocycles. The van der Waals surface area contributed by atoms with Gasteiger partial charge in [-0.25, -0.2) is 4.39 Å². The van der Waals surface area contributed by atoms with E-state index in [0.717, 1.165) is 12.0 Å². The molecule has 0 radical (unpaired) electrons. The molecule has 0 spiro atoms. The van der Waals surface area contributed by atoms with E-state index in [1.165, 1.54) is 12.1 Å². The number of hydrogen-bond acceptors (Lipinski definition) is 2. The van der Waals surface area contributed by atoms with Crippen molar-refractivity contribution in [1.82, 2.24) is 0 Å². The van der Waals surface area contributed by atoms with E-state index in [1.807, 2.05) is 27.7 Å². The van der Waals surface area contributed by atoms with Crippen molar-refractivity contribution in [3.8, 4) is 0 Å². The van der Waals surface area contributed by atoms with Gasteiger partial charge >= 0.3 is 0 Å². The van der Waals surface area contributed by atoms with Crippen molar-refractivity contribution in [2.24, 2.45) is 4.40 Å². The van der Waals surface area contributed by atoms with Gasteiger partial charge in [0.1, 0.15) is 21.9 Å². The van der Waals surface area contributed by atoms with Gasteiger partial charge in [-0.3, -0.25) is 0 Å². The van der Waals surface area contributed by atoms with Crippen molar-refractivity contribution in [2.75, 3.05) is 0 Å². The van der Waals surface area contributed by atoms with Crippen LogP contribution >= 0.6 is 0 Å². The van der Waals surface area contributed by atoms with Gasteiger partial charge in [0.05, 0.1) is 6.21 Å². The summed E-state index contributed by atoms with van der Waals surface area (Å²) in [6, 6.07) is 6.37. The van der Waals surface area contributed by atoms with Crippen molar-refractivity contribution >= 4 is 17.6 Å². The van der Waals surface area contributed by atoms with Gasteiger partial charge in [-0.05, 0) is 44.9 Å². The fourth-order valence-electron chi connectivity index (χ4n) is 1.42. The molecule has 0 aliphatic rings. The number of nitrogens with zero attached hydrogens (tertiary/aromatic N) is 1. The average molecular weight is 269 g/mol. The maximum absolute atomic E-state index is 12.8. The molecular weight excluding hydrogens is 249 g/mol. The molecule has 1 aromatic rings. The first-order valence-electron chi connectivity index (χ1n) is 6.06. The average Bonchev–Trinajstić information content (AvgIpc) is 2.30. The van der Waals surface area contributed by atoms with E-state index in [0.29, 0.717) is 0 Å². The van der Waals surface area contributed by atoms with Crippen LogP contribution in [0.25, 0.3) is 0 Å². The molecule has 1 aromatic carbocycles. The third-order valence-corrected chi connectivity index (χ3v) is 3.96. The first kappa shape index (κ1) is 15.2. The predicted molar refractivity (Wildman–Crippen MR) is 75.8 cm³/mol. The normalized spacial score (nSPS) is 15.9. The Hall–Kier alpha value is -0.870. The van der Waals surface area contributed by atoms with Crippen LogP contribution in [0.5, 0.6) is 0 Å². The minimum absolute atomic E-state index is 0.0805. The maximum atomic E-state index is 12.8. The fourth-order valence-corrected chi connectivity index (χ4v) is 2.00. The number of benzene rings is 1. The molecule has 0 saturated carbocycles. The highest BCUT2D eigenvalue weighted by molar-refractivity contribution is 7.91. The molecule has 0 bridgehead atoms. The summed E-state index contributed by atoms with van der Waals surface area (Å²) in [6.07, 6.45) is 2.56. The Labute approximate surface area is 112 Å². The number of halogens is 1. The van der Waals surface area contributed by atoms with Gasteiger partial charge in [0.25, 0.3) is 0 Å². The Morgan fingerprint density at radius 2 is 1.89 bits per heavy atom. The van der Waals surface area contributed by atoms with Gasteiger partial charge < -0.3 is 4.55 Å². The molecule has 4 heteroatoms. The van der Waals surface area contributed by atoms with Gasteiger partial charge in [-0.1, -0.05) is 23.5 Å². The smallest absolute Gasteiger partial charge is 0.144 e. The van der Waals surface area contributed by atoms with Crippen molar-refractivity contribution in [3.05, 3.63) is 35.6 Å². The lowest BCUT2D eigenvalue weighted by molar-refractivity contribution is 0.561. The topological polar surface area (TPSA) is 35.4 Å². The lowest BCUT2D eigenvalue weighted by Gasteiger charge is -2.18. The summed E-state index contributed by atoms with van der Waals surface area (Å²) < 4.78 is 28.4. The van der Waals surface area contributed by atoms with Gasteiger partial charge in [0.15, 0.2) is 0 Å². The SMILES string of the molecule is CC[C@H](C=N[S+]([O-])C(C)(C)C)c1ccc(F)cc1. The van der Waals surface area contributed by atoms with Crippen LogP contribution in [0.2, 0.25) is 0 Å². The third kappa shape index (κ3) is 4.42. The molecule has 0 aliphatic heterocycles. The van der Waals surface area contributed by atoms with Crippen molar-refractivity contribution in [1.29, 1.82) is 0 Å².